The van der Waals surface area contributed by atoms with Gasteiger partial charge in [-0.05, 0) is 32.4 Å². The van der Waals surface area contributed by atoms with Crippen molar-refractivity contribution in [2.75, 3.05) is 27.3 Å². The Morgan fingerprint density at radius 3 is 2.95 bits per heavy atom. The molecule has 0 radical (unpaired) electrons. The summed E-state index contributed by atoms with van der Waals surface area (Å²) in [5, 5.41) is 8.59. The standard InChI is InChI=1S/C15H26ClN3O/c1-17-10-12-6-4-3-5-7-13(12)15-14(16)11-18-19(15)8-9-20-2/h11-13,17H,3-10H2,1-2H3. The van der Waals surface area contributed by atoms with Crippen molar-refractivity contribution in [3.63, 3.8) is 0 Å². The molecule has 4 nitrogen and oxygen atoms in total. The molecular weight excluding hydrogens is 274 g/mol. The summed E-state index contributed by atoms with van der Waals surface area (Å²) in [5.41, 5.74) is 1.21. The van der Waals surface area contributed by atoms with Crippen LogP contribution >= 0.6 is 11.6 Å². The first-order valence-electron chi connectivity index (χ1n) is 7.62. The first kappa shape index (κ1) is 15.8. The Morgan fingerprint density at radius 1 is 1.40 bits per heavy atom. The third kappa shape index (κ3) is 3.74. The van der Waals surface area contributed by atoms with Crippen molar-refractivity contribution in [2.45, 2.75) is 44.6 Å². The maximum Gasteiger partial charge on any atom is 0.0820 e. The topological polar surface area (TPSA) is 39.1 Å². The third-order valence-electron chi connectivity index (χ3n) is 4.32. The van der Waals surface area contributed by atoms with Crippen molar-refractivity contribution in [2.24, 2.45) is 5.92 Å². The zero-order valence-corrected chi connectivity index (χ0v) is 13.3. The van der Waals surface area contributed by atoms with Gasteiger partial charge in [-0.3, -0.25) is 4.68 Å². The second-order valence-corrected chi connectivity index (χ2v) is 6.06. The maximum absolute atomic E-state index is 6.43. The molecule has 1 aromatic heterocycles. The number of halogens is 1. The quantitative estimate of drug-likeness (QED) is 0.821. The van der Waals surface area contributed by atoms with E-state index in [9.17, 15) is 0 Å². The molecule has 0 bridgehead atoms. The fourth-order valence-corrected chi connectivity index (χ4v) is 3.63. The minimum Gasteiger partial charge on any atom is -0.383 e. The van der Waals surface area contributed by atoms with Gasteiger partial charge in [-0.15, -0.1) is 0 Å². The largest absolute Gasteiger partial charge is 0.383 e. The summed E-state index contributed by atoms with van der Waals surface area (Å²) in [5.74, 6) is 1.16. The third-order valence-corrected chi connectivity index (χ3v) is 4.61. The lowest BCUT2D eigenvalue weighted by Gasteiger charge is -2.26. The van der Waals surface area contributed by atoms with Gasteiger partial charge in [-0.25, -0.2) is 0 Å². The summed E-state index contributed by atoms with van der Waals surface area (Å²) < 4.78 is 7.23. The first-order valence-corrected chi connectivity index (χ1v) is 8.00. The van der Waals surface area contributed by atoms with E-state index in [0.29, 0.717) is 18.4 Å². The molecular formula is C15H26ClN3O. The molecule has 114 valence electrons. The summed E-state index contributed by atoms with van der Waals surface area (Å²) in [4.78, 5) is 0. The highest BCUT2D eigenvalue weighted by Crippen LogP contribution is 2.39. The van der Waals surface area contributed by atoms with Crippen LogP contribution < -0.4 is 5.32 Å². The minimum absolute atomic E-state index is 0.511. The molecule has 2 atom stereocenters. The van der Waals surface area contributed by atoms with Crippen molar-refractivity contribution in [1.29, 1.82) is 0 Å². The number of nitrogens with one attached hydrogen (secondary N) is 1. The molecule has 0 saturated heterocycles. The van der Waals surface area contributed by atoms with E-state index in [1.165, 1.54) is 37.8 Å². The summed E-state index contributed by atoms with van der Waals surface area (Å²) in [6.07, 6.45) is 8.22. The molecule has 0 aromatic carbocycles. The van der Waals surface area contributed by atoms with E-state index in [0.717, 1.165) is 18.1 Å². The van der Waals surface area contributed by atoms with Crippen molar-refractivity contribution >= 4 is 11.6 Å². The zero-order chi connectivity index (χ0) is 14.4. The number of nitrogens with zero attached hydrogens (tertiary/aromatic N) is 2. The number of methoxy groups -OCH3 is 1. The van der Waals surface area contributed by atoms with Crippen molar-refractivity contribution in [1.82, 2.24) is 15.1 Å². The Balaban J connectivity index is 2.23. The lowest BCUT2D eigenvalue weighted by molar-refractivity contribution is 0.181. The fraction of sp³-hybridized carbons (Fsp3) is 0.800. The van der Waals surface area contributed by atoms with Gasteiger partial charge in [0.25, 0.3) is 0 Å². The van der Waals surface area contributed by atoms with Gasteiger partial charge >= 0.3 is 0 Å². The second kappa shape index (κ2) is 8.01. The average molecular weight is 300 g/mol. The molecule has 0 amide bonds. The van der Waals surface area contributed by atoms with Gasteiger partial charge < -0.3 is 10.1 Å². The molecule has 1 aromatic rings. The molecule has 5 heteroatoms. The van der Waals surface area contributed by atoms with Crippen molar-refractivity contribution in [3.05, 3.63) is 16.9 Å². The summed E-state index contributed by atoms with van der Waals surface area (Å²) in [6.45, 7) is 2.51. The van der Waals surface area contributed by atoms with Crippen LogP contribution in [0.2, 0.25) is 5.02 Å². The highest BCUT2D eigenvalue weighted by Gasteiger charge is 2.29. The van der Waals surface area contributed by atoms with Gasteiger partial charge in [0.05, 0.1) is 30.1 Å². The summed E-state index contributed by atoms with van der Waals surface area (Å²) in [7, 11) is 3.76. The van der Waals surface area contributed by atoms with Gasteiger partial charge in [0.1, 0.15) is 0 Å². The number of aromatic nitrogens is 2. The molecule has 2 rings (SSSR count). The molecule has 2 unspecified atom stereocenters. The number of hydrogen-bond donors (Lipinski definition) is 1. The predicted molar refractivity (Wildman–Crippen MR) is 82.4 cm³/mol. The first-order chi connectivity index (χ1) is 9.77. The Hall–Kier alpha value is -0.580. The molecule has 1 heterocycles. The van der Waals surface area contributed by atoms with E-state index in [4.69, 9.17) is 16.3 Å². The summed E-state index contributed by atoms with van der Waals surface area (Å²) >= 11 is 6.43. The highest BCUT2D eigenvalue weighted by atomic mass is 35.5. The van der Waals surface area contributed by atoms with Gasteiger partial charge in [0.2, 0.25) is 0 Å². The lowest BCUT2D eigenvalue weighted by Crippen LogP contribution is -2.26. The smallest absolute Gasteiger partial charge is 0.0820 e. The molecule has 0 aliphatic heterocycles. The van der Waals surface area contributed by atoms with E-state index in [1.54, 1.807) is 13.3 Å². The van der Waals surface area contributed by atoms with Crippen LogP contribution in [0.5, 0.6) is 0 Å². The molecule has 1 fully saturated rings. The van der Waals surface area contributed by atoms with Crippen LogP contribution in [0.1, 0.15) is 43.7 Å². The Bertz CT molecular complexity index is 408. The normalized spacial score (nSPS) is 23.8. The number of ether oxygens (including phenoxy) is 1. The van der Waals surface area contributed by atoms with Gasteiger partial charge in [-0.1, -0.05) is 30.9 Å². The highest BCUT2D eigenvalue weighted by molar-refractivity contribution is 6.31. The molecule has 1 aliphatic carbocycles. The van der Waals surface area contributed by atoms with E-state index in [1.807, 2.05) is 11.7 Å². The van der Waals surface area contributed by atoms with E-state index < -0.39 is 0 Å². The SMILES string of the molecule is CNCC1CCCCCC1c1c(Cl)cnn1CCOC. The predicted octanol–water partition coefficient (Wildman–Crippen LogP) is 3.07. The van der Waals surface area contributed by atoms with E-state index in [-0.39, 0.29) is 0 Å². The van der Waals surface area contributed by atoms with Crippen molar-refractivity contribution < 1.29 is 4.74 Å². The van der Waals surface area contributed by atoms with Crippen LogP contribution in [0.3, 0.4) is 0 Å². The fourth-order valence-electron chi connectivity index (χ4n) is 3.35. The molecule has 1 saturated carbocycles. The molecule has 20 heavy (non-hydrogen) atoms. The van der Waals surface area contributed by atoms with Crippen LogP contribution in [0.4, 0.5) is 0 Å². The lowest BCUT2D eigenvalue weighted by atomic mass is 9.85. The minimum atomic E-state index is 0.511. The van der Waals surface area contributed by atoms with E-state index >= 15 is 0 Å². The Kier molecular flexibility index (Phi) is 6.33. The van der Waals surface area contributed by atoms with Crippen LogP contribution in [-0.2, 0) is 11.3 Å². The molecule has 0 spiro atoms. The zero-order valence-electron chi connectivity index (χ0n) is 12.6. The van der Waals surface area contributed by atoms with Gasteiger partial charge in [-0.2, -0.15) is 5.10 Å². The Morgan fingerprint density at radius 2 is 2.20 bits per heavy atom. The van der Waals surface area contributed by atoms with Gasteiger partial charge in [0, 0.05) is 13.0 Å². The van der Waals surface area contributed by atoms with Crippen LogP contribution in [-0.4, -0.2) is 37.1 Å². The maximum atomic E-state index is 6.43. The average Bonchev–Trinajstić information content (AvgIpc) is 2.66. The second-order valence-electron chi connectivity index (χ2n) is 5.66. The molecule has 1 N–H and O–H groups in total. The van der Waals surface area contributed by atoms with Crippen LogP contribution in [0, 0.1) is 5.92 Å². The summed E-state index contributed by atoms with van der Waals surface area (Å²) in [6, 6.07) is 0. The van der Waals surface area contributed by atoms with Crippen molar-refractivity contribution in [3.8, 4) is 0 Å². The van der Waals surface area contributed by atoms with Crippen LogP contribution in [0.15, 0.2) is 6.20 Å². The monoisotopic (exact) mass is 299 g/mol. The number of rotatable bonds is 6. The van der Waals surface area contributed by atoms with Gasteiger partial charge in [0.15, 0.2) is 0 Å². The number of hydrogen-bond acceptors (Lipinski definition) is 3. The van der Waals surface area contributed by atoms with E-state index in [2.05, 4.69) is 10.4 Å². The van der Waals surface area contributed by atoms with Crippen LogP contribution in [0.25, 0.3) is 0 Å². The Labute approximate surface area is 126 Å². The molecule has 1 aliphatic rings.